The third-order valence-corrected chi connectivity index (χ3v) is 5.09. The second kappa shape index (κ2) is 7.66. The fourth-order valence-electron chi connectivity index (χ4n) is 2.15. The summed E-state index contributed by atoms with van der Waals surface area (Å²) >= 11 is 3.15. The predicted molar refractivity (Wildman–Crippen MR) is 97.3 cm³/mol. The van der Waals surface area contributed by atoms with E-state index in [-0.39, 0.29) is 0 Å². The van der Waals surface area contributed by atoms with Crippen molar-refractivity contribution < 1.29 is 0 Å². The van der Waals surface area contributed by atoms with Crippen molar-refractivity contribution in [3.05, 3.63) is 57.8 Å². The van der Waals surface area contributed by atoms with Gasteiger partial charge in [-0.15, -0.1) is 11.3 Å². The highest BCUT2D eigenvalue weighted by atomic mass is 32.1. The van der Waals surface area contributed by atoms with E-state index < -0.39 is 0 Å². The van der Waals surface area contributed by atoms with Gasteiger partial charge in [-0.2, -0.15) is 4.37 Å². The van der Waals surface area contributed by atoms with Crippen molar-refractivity contribution in [2.24, 2.45) is 0 Å². The number of rotatable bonds is 7. The molecule has 0 saturated carbocycles. The molecule has 0 spiro atoms. The molecular formula is C17H20N4S2. The number of thiazole rings is 1. The van der Waals surface area contributed by atoms with Crippen molar-refractivity contribution in [2.75, 3.05) is 5.32 Å². The molecule has 0 fully saturated rings. The van der Waals surface area contributed by atoms with E-state index in [1.807, 2.05) is 0 Å². The summed E-state index contributed by atoms with van der Waals surface area (Å²) in [6.45, 7) is 4.91. The maximum Gasteiger partial charge on any atom is 0.202 e. The third-order valence-electron chi connectivity index (χ3n) is 3.45. The number of aromatic nitrogens is 3. The first-order chi connectivity index (χ1) is 11.2. The van der Waals surface area contributed by atoms with Gasteiger partial charge in [0.05, 0.1) is 17.2 Å². The molecule has 0 aliphatic carbocycles. The number of hydrogen-bond acceptors (Lipinski definition) is 6. The molecule has 2 heterocycles. The second-order valence-electron chi connectivity index (χ2n) is 5.68. The van der Waals surface area contributed by atoms with Gasteiger partial charge < -0.3 is 5.32 Å². The van der Waals surface area contributed by atoms with Crippen LogP contribution in [0.5, 0.6) is 0 Å². The van der Waals surface area contributed by atoms with Gasteiger partial charge in [0.25, 0.3) is 0 Å². The fraction of sp³-hybridized carbons (Fsp3) is 0.353. The average molecular weight is 345 g/mol. The van der Waals surface area contributed by atoms with Crippen molar-refractivity contribution >= 4 is 28.0 Å². The number of nitrogens with one attached hydrogen (secondary N) is 1. The van der Waals surface area contributed by atoms with E-state index in [1.165, 1.54) is 22.1 Å². The van der Waals surface area contributed by atoms with Crippen LogP contribution in [0.3, 0.4) is 0 Å². The van der Waals surface area contributed by atoms with Crippen LogP contribution in [0.1, 0.15) is 41.9 Å². The minimum Gasteiger partial charge on any atom is -0.355 e. The first-order valence-corrected chi connectivity index (χ1v) is 9.40. The van der Waals surface area contributed by atoms with Crippen LogP contribution in [-0.2, 0) is 19.4 Å². The lowest BCUT2D eigenvalue weighted by Gasteiger charge is -1.99. The van der Waals surface area contributed by atoms with Gasteiger partial charge in [0.15, 0.2) is 0 Å². The van der Waals surface area contributed by atoms with Crippen LogP contribution in [0, 0.1) is 0 Å². The molecule has 0 aliphatic heterocycles. The van der Waals surface area contributed by atoms with Gasteiger partial charge in [-0.1, -0.05) is 44.2 Å². The van der Waals surface area contributed by atoms with Crippen LogP contribution in [0.2, 0.25) is 0 Å². The SMILES string of the molecule is CC(C)c1nsc(NCc2csc(CCc3ccccc3)n2)n1. The molecule has 1 aromatic carbocycles. The van der Waals surface area contributed by atoms with Gasteiger partial charge in [-0.25, -0.2) is 9.97 Å². The summed E-state index contributed by atoms with van der Waals surface area (Å²) in [5.41, 5.74) is 2.43. The Hall–Kier alpha value is -1.79. The maximum absolute atomic E-state index is 4.69. The van der Waals surface area contributed by atoms with E-state index in [0.29, 0.717) is 12.5 Å². The lowest BCUT2D eigenvalue weighted by Crippen LogP contribution is -2.00. The third kappa shape index (κ3) is 4.59. The van der Waals surface area contributed by atoms with Crippen molar-refractivity contribution in [3.63, 3.8) is 0 Å². The number of benzene rings is 1. The number of hydrogen-bond donors (Lipinski definition) is 1. The van der Waals surface area contributed by atoms with E-state index in [4.69, 9.17) is 4.98 Å². The number of nitrogens with zero attached hydrogens (tertiary/aromatic N) is 3. The van der Waals surface area contributed by atoms with Crippen LogP contribution in [0.25, 0.3) is 0 Å². The molecule has 4 nitrogen and oxygen atoms in total. The molecule has 3 rings (SSSR count). The quantitative estimate of drug-likeness (QED) is 0.685. The summed E-state index contributed by atoms with van der Waals surface area (Å²) < 4.78 is 4.35. The van der Waals surface area contributed by atoms with Crippen LogP contribution in [-0.4, -0.2) is 14.3 Å². The molecule has 0 atom stereocenters. The van der Waals surface area contributed by atoms with Crippen LogP contribution >= 0.6 is 22.9 Å². The Kier molecular flexibility index (Phi) is 5.35. The van der Waals surface area contributed by atoms with E-state index in [1.54, 1.807) is 11.3 Å². The van der Waals surface area contributed by atoms with E-state index in [2.05, 4.69) is 64.2 Å². The molecule has 23 heavy (non-hydrogen) atoms. The first-order valence-electron chi connectivity index (χ1n) is 7.75. The Morgan fingerprint density at radius 3 is 2.65 bits per heavy atom. The minimum absolute atomic E-state index is 0.366. The summed E-state index contributed by atoms with van der Waals surface area (Å²) in [7, 11) is 0. The van der Waals surface area contributed by atoms with Gasteiger partial charge >= 0.3 is 0 Å². The summed E-state index contributed by atoms with van der Waals surface area (Å²) in [5.74, 6) is 1.27. The van der Waals surface area contributed by atoms with E-state index >= 15 is 0 Å². The molecule has 0 amide bonds. The monoisotopic (exact) mass is 344 g/mol. The normalized spacial score (nSPS) is 11.1. The van der Waals surface area contributed by atoms with Gasteiger partial charge in [-0.3, -0.25) is 0 Å². The molecule has 2 aromatic heterocycles. The fourth-order valence-corrected chi connectivity index (χ4v) is 3.65. The van der Waals surface area contributed by atoms with Gasteiger partial charge in [0.1, 0.15) is 5.82 Å². The highest BCUT2D eigenvalue weighted by molar-refractivity contribution is 7.10. The topological polar surface area (TPSA) is 50.7 Å². The molecule has 0 aliphatic rings. The molecule has 0 bridgehead atoms. The molecule has 6 heteroatoms. The molecular weight excluding hydrogens is 324 g/mol. The molecule has 3 aromatic rings. The molecule has 0 saturated heterocycles. The molecule has 0 unspecified atom stereocenters. The van der Waals surface area contributed by atoms with Gasteiger partial charge in [0, 0.05) is 29.3 Å². The lowest BCUT2D eigenvalue weighted by molar-refractivity contribution is 0.799. The van der Waals surface area contributed by atoms with Gasteiger partial charge in [0.2, 0.25) is 5.13 Å². The molecule has 120 valence electrons. The minimum atomic E-state index is 0.366. The summed E-state index contributed by atoms with van der Waals surface area (Å²) in [4.78, 5) is 9.17. The second-order valence-corrected chi connectivity index (χ2v) is 7.38. The highest BCUT2D eigenvalue weighted by Gasteiger charge is 2.08. The van der Waals surface area contributed by atoms with E-state index in [9.17, 15) is 0 Å². The van der Waals surface area contributed by atoms with Crippen LogP contribution < -0.4 is 5.32 Å². The van der Waals surface area contributed by atoms with Crippen LogP contribution in [0.4, 0.5) is 5.13 Å². The summed E-state index contributed by atoms with van der Waals surface area (Å²) in [5, 5.41) is 7.49. The lowest BCUT2D eigenvalue weighted by atomic mass is 10.1. The molecule has 0 radical (unpaired) electrons. The maximum atomic E-state index is 4.69. The van der Waals surface area contributed by atoms with Gasteiger partial charge in [-0.05, 0) is 12.0 Å². The van der Waals surface area contributed by atoms with Crippen molar-refractivity contribution in [2.45, 2.75) is 39.2 Å². The summed E-state index contributed by atoms with van der Waals surface area (Å²) in [6, 6.07) is 10.5. The zero-order valence-electron chi connectivity index (χ0n) is 13.3. The summed E-state index contributed by atoms with van der Waals surface area (Å²) in [6.07, 6.45) is 2.03. The Balaban J connectivity index is 1.50. The smallest absolute Gasteiger partial charge is 0.202 e. The average Bonchev–Trinajstić information content (AvgIpc) is 3.21. The predicted octanol–water partition coefficient (Wildman–Crippen LogP) is 4.52. The standard InChI is InChI=1S/C17H20N4S2/c1-12(2)16-20-17(23-21-16)18-10-14-11-22-15(19-14)9-8-13-6-4-3-5-7-13/h3-7,11-12H,8-10H2,1-2H3,(H,18,20,21). The van der Waals surface area contributed by atoms with Crippen LogP contribution in [0.15, 0.2) is 35.7 Å². The number of anilines is 1. The molecule has 1 N–H and O–H groups in total. The first kappa shape index (κ1) is 16.1. The zero-order chi connectivity index (χ0) is 16.1. The largest absolute Gasteiger partial charge is 0.355 e. The Bertz CT molecular complexity index is 734. The highest BCUT2D eigenvalue weighted by Crippen LogP contribution is 2.19. The Morgan fingerprint density at radius 1 is 1.09 bits per heavy atom. The van der Waals surface area contributed by atoms with Crippen molar-refractivity contribution in [1.29, 1.82) is 0 Å². The van der Waals surface area contributed by atoms with E-state index in [0.717, 1.165) is 29.5 Å². The zero-order valence-corrected chi connectivity index (χ0v) is 15.0. The Morgan fingerprint density at radius 2 is 1.91 bits per heavy atom. The van der Waals surface area contributed by atoms with Crippen molar-refractivity contribution in [3.8, 4) is 0 Å². The number of aryl methyl sites for hydroxylation is 2. The van der Waals surface area contributed by atoms with Crippen molar-refractivity contribution in [1.82, 2.24) is 14.3 Å². The Labute approximate surface area is 144 Å².